The molecule has 0 aromatic heterocycles. The minimum absolute atomic E-state index is 0.275. The van der Waals surface area contributed by atoms with Crippen molar-refractivity contribution in [2.45, 2.75) is 45.1 Å². The maximum atomic E-state index is 13.0. The highest BCUT2D eigenvalue weighted by Gasteiger charge is 2.40. The first-order chi connectivity index (χ1) is 10.7. The van der Waals surface area contributed by atoms with Gasteiger partial charge in [-0.2, -0.15) is 13.2 Å². The summed E-state index contributed by atoms with van der Waals surface area (Å²) in [5.74, 6) is -0.976. The third-order valence-electron chi connectivity index (χ3n) is 3.87. The fraction of sp³-hybridized carbons (Fsp3) is 0.533. The van der Waals surface area contributed by atoms with Gasteiger partial charge in [0.2, 0.25) is 0 Å². The average molecular weight is 348 g/mol. The molecule has 0 aliphatic carbocycles. The van der Waals surface area contributed by atoms with Gasteiger partial charge in [0.25, 0.3) is 0 Å². The molecule has 134 valence electrons. The van der Waals surface area contributed by atoms with Gasteiger partial charge in [0.15, 0.2) is 0 Å². The second kappa shape index (κ2) is 6.74. The molecule has 5 nitrogen and oxygen atoms in total. The summed E-state index contributed by atoms with van der Waals surface area (Å²) in [4.78, 5) is 11.6. The zero-order chi connectivity index (χ0) is 18.9. The summed E-state index contributed by atoms with van der Waals surface area (Å²) in [6.45, 7) is 5.83. The second-order valence-electron chi connectivity index (χ2n) is 6.37. The monoisotopic (exact) mass is 348 g/mol. The van der Waals surface area contributed by atoms with E-state index in [-0.39, 0.29) is 11.0 Å². The van der Waals surface area contributed by atoms with Crippen molar-refractivity contribution in [1.82, 2.24) is 0 Å². The van der Waals surface area contributed by atoms with Crippen molar-refractivity contribution in [1.29, 1.82) is 0 Å². The van der Waals surface area contributed by atoms with E-state index >= 15 is 0 Å². The Balaban J connectivity index is 3.29. The molecular weight excluding hydrogens is 328 g/mol. The van der Waals surface area contributed by atoms with Crippen LogP contribution in [0.2, 0.25) is 0 Å². The van der Waals surface area contributed by atoms with Gasteiger partial charge >= 0.3 is 19.3 Å². The van der Waals surface area contributed by atoms with Crippen molar-refractivity contribution in [3.05, 3.63) is 29.3 Å². The number of alkyl halides is 3. The van der Waals surface area contributed by atoms with Gasteiger partial charge in [-0.15, -0.1) is 0 Å². The van der Waals surface area contributed by atoms with Crippen molar-refractivity contribution in [2.24, 2.45) is 0 Å². The van der Waals surface area contributed by atoms with Crippen LogP contribution in [0.25, 0.3) is 0 Å². The summed E-state index contributed by atoms with van der Waals surface area (Å²) >= 11 is 0. The third kappa shape index (κ3) is 4.72. The van der Waals surface area contributed by atoms with Gasteiger partial charge in [-0.3, -0.25) is 0 Å². The Morgan fingerprint density at radius 3 is 2.08 bits per heavy atom. The van der Waals surface area contributed by atoms with Crippen molar-refractivity contribution < 1.29 is 37.5 Å². The number of ether oxygens (including phenoxy) is 1. The highest BCUT2D eigenvalue weighted by Crippen LogP contribution is 2.30. The Bertz CT molecular complexity index is 608. The lowest BCUT2D eigenvalue weighted by molar-refractivity contribution is -0.137. The topological polar surface area (TPSA) is 76.0 Å². The summed E-state index contributed by atoms with van der Waals surface area (Å²) in [5.41, 5.74) is -4.41. The van der Waals surface area contributed by atoms with Gasteiger partial charge in [-0.05, 0) is 45.3 Å². The van der Waals surface area contributed by atoms with Crippen LogP contribution in [0.4, 0.5) is 13.2 Å². The molecule has 1 rings (SSSR count). The lowest BCUT2D eigenvalue weighted by Gasteiger charge is -2.38. The van der Waals surface area contributed by atoms with Crippen molar-refractivity contribution >= 4 is 18.6 Å². The molecule has 1 aromatic carbocycles. The zero-order valence-electron chi connectivity index (χ0n) is 14.1. The van der Waals surface area contributed by atoms with E-state index in [0.29, 0.717) is 12.1 Å². The predicted molar refractivity (Wildman–Crippen MR) is 81.9 cm³/mol. The van der Waals surface area contributed by atoms with E-state index in [1.54, 1.807) is 0 Å². The lowest BCUT2D eigenvalue weighted by Crippen LogP contribution is -2.53. The first-order valence-electron chi connectivity index (χ1n) is 7.08. The molecule has 0 aliphatic rings. The molecule has 0 spiro atoms. The molecule has 0 saturated heterocycles. The first kappa shape index (κ1) is 20.5. The standard InChI is InChI=1S/C15H20BF3O5/c1-13(2,21)14(3,4)24-16(22)11-7-9(12(20)23-5)6-10(8-11)15(17,18)19/h6-8,21-22H,1-5H3. The molecule has 0 heterocycles. The first-order valence-corrected chi connectivity index (χ1v) is 7.08. The number of hydrogen-bond donors (Lipinski definition) is 2. The minimum Gasteiger partial charge on any atom is -0.465 e. The van der Waals surface area contributed by atoms with Gasteiger partial charge in [-0.25, -0.2) is 4.79 Å². The summed E-state index contributed by atoms with van der Waals surface area (Å²) in [6, 6.07) is 2.35. The molecule has 0 atom stereocenters. The number of halogens is 3. The van der Waals surface area contributed by atoms with Crippen LogP contribution in [0.15, 0.2) is 18.2 Å². The molecule has 0 radical (unpaired) electrons. The van der Waals surface area contributed by atoms with Crippen LogP contribution in [0.3, 0.4) is 0 Å². The molecule has 0 fully saturated rings. The number of carbonyl (C=O) groups excluding carboxylic acids is 1. The Morgan fingerprint density at radius 2 is 1.67 bits per heavy atom. The quantitative estimate of drug-likeness (QED) is 0.626. The van der Waals surface area contributed by atoms with E-state index in [0.717, 1.165) is 13.2 Å². The van der Waals surface area contributed by atoms with Crippen LogP contribution < -0.4 is 5.46 Å². The Kier molecular flexibility index (Phi) is 5.75. The summed E-state index contributed by atoms with van der Waals surface area (Å²) < 4.78 is 48.7. The van der Waals surface area contributed by atoms with Gasteiger partial charge in [0.05, 0.1) is 29.4 Å². The molecule has 0 bridgehead atoms. The Labute approximate surface area is 138 Å². The van der Waals surface area contributed by atoms with Crippen LogP contribution in [0.5, 0.6) is 0 Å². The van der Waals surface area contributed by atoms with Crippen LogP contribution >= 0.6 is 0 Å². The van der Waals surface area contributed by atoms with Crippen molar-refractivity contribution in [3.8, 4) is 0 Å². The van der Waals surface area contributed by atoms with Crippen LogP contribution in [0.1, 0.15) is 43.6 Å². The number of benzene rings is 1. The van der Waals surface area contributed by atoms with Crippen LogP contribution in [0, 0.1) is 0 Å². The molecule has 0 saturated carbocycles. The number of methoxy groups -OCH3 is 1. The maximum absolute atomic E-state index is 13.0. The maximum Gasteiger partial charge on any atom is 0.491 e. The SMILES string of the molecule is COC(=O)c1cc(B(O)OC(C)(C)C(C)(C)O)cc(C(F)(F)F)c1. The van der Waals surface area contributed by atoms with Crippen molar-refractivity contribution in [2.75, 3.05) is 7.11 Å². The van der Waals surface area contributed by atoms with E-state index in [1.165, 1.54) is 27.7 Å². The summed E-state index contributed by atoms with van der Waals surface area (Å²) in [5, 5.41) is 20.2. The predicted octanol–water partition coefficient (Wildman–Crippen LogP) is 1.75. The molecule has 24 heavy (non-hydrogen) atoms. The van der Waals surface area contributed by atoms with Crippen molar-refractivity contribution in [3.63, 3.8) is 0 Å². The minimum atomic E-state index is -4.72. The molecule has 0 unspecified atom stereocenters. The number of hydrogen-bond acceptors (Lipinski definition) is 5. The summed E-state index contributed by atoms with van der Waals surface area (Å²) in [6.07, 6.45) is -4.72. The Hall–Kier alpha value is -1.58. The van der Waals surface area contributed by atoms with Crippen LogP contribution in [-0.2, 0) is 15.6 Å². The van der Waals surface area contributed by atoms with E-state index < -0.39 is 36.0 Å². The second-order valence-corrected chi connectivity index (χ2v) is 6.37. The van der Waals surface area contributed by atoms with Gasteiger partial charge in [0, 0.05) is 0 Å². The van der Waals surface area contributed by atoms with Gasteiger partial charge in [0.1, 0.15) is 0 Å². The molecular formula is C15H20BF3O5. The fourth-order valence-electron chi connectivity index (χ4n) is 1.68. The number of carbonyl (C=O) groups is 1. The lowest BCUT2D eigenvalue weighted by atomic mass is 9.75. The van der Waals surface area contributed by atoms with E-state index in [9.17, 15) is 28.1 Å². The molecule has 1 aromatic rings. The average Bonchev–Trinajstić information content (AvgIpc) is 2.43. The van der Waals surface area contributed by atoms with E-state index in [4.69, 9.17) is 4.65 Å². The molecule has 9 heteroatoms. The van der Waals surface area contributed by atoms with Gasteiger partial charge < -0.3 is 19.5 Å². The molecule has 0 aliphatic heterocycles. The smallest absolute Gasteiger partial charge is 0.465 e. The van der Waals surface area contributed by atoms with Crippen LogP contribution in [-0.4, -0.2) is 41.5 Å². The highest BCUT2D eigenvalue weighted by molar-refractivity contribution is 6.60. The van der Waals surface area contributed by atoms with Gasteiger partial charge in [-0.1, -0.05) is 6.07 Å². The summed E-state index contributed by atoms with van der Waals surface area (Å²) in [7, 11) is -0.746. The van der Waals surface area contributed by atoms with E-state index in [2.05, 4.69) is 4.74 Å². The zero-order valence-corrected chi connectivity index (χ0v) is 14.1. The third-order valence-corrected chi connectivity index (χ3v) is 3.87. The van der Waals surface area contributed by atoms with E-state index in [1.807, 2.05) is 0 Å². The number of esters is 1. The largest absolute Gasteiger partial charge is 0.491 e. The normalized spacial score (nSPS) is 12.9. The number of rotatable bonds is 5. The Morgan fingerprint density at radius 1 is 1.12 bits per heavy atom. The fourth-order valence-corrected chi connectivity index (χ4v) is 1.68. The highest BCUT2D eigenvalue weighted by atomic mass is 19.4. The number of aliphatic hydroxyl groups is 1. The molecule has 0 amide bonds. The molecule has 2 N–H and O–H groups in total.